The Kier molecular flexibility index (Phi) is 5.15. The molecule has 0 unspecified atom stereocenters. The molecule has 3 atom stereocenters. The van der Waals surface area contributed by atoms with Gasteiger partial charge in [-0.3, -0.25) is 9.98 Å². The molecule has 2 aliphatic heterocycles. The van der Waals surface area contributed by atoms with E-state index in [1.165, 1.54) is 27.7 Å². The molecule has 4 heterocycles. The van der Waals surface area contributed by atoms with Gasteiger partial charge in [0.15, 0.2) is 5.17 Å². The number of benzene rings is 1. The molecule has 2 aliphatic rings. The first-order chi connectivity index (χ1) is 14.7. The van der Waals surface area contributed by atoms with E-state index in [1.54, 1.807) is 0 Å². The third-order valence-corrected chi connectivity index (χ3v) is 7.57. The molecule has 1 saturated heterocycles. The summed E-state index contributed by atoms with van der Waals surface area (Å²) in [5.74, 6) is 1.13. The van der Waals surface area contributed by atoms with Gasteiger partial charge in [-0.25, -0.2) is 0 Å². The SMILES string of the molecule is CC[C@@H]1CSC2=N[C@@H](c3ccccn3)[C@H](c3cc(C)n(Cc4ccccc4)c3C)N21. The number of hydrogen-bond acceptors (Lipinski definition) is 4. The number of thioether (sulfide) groups is 1. The summed E-state index contributed by atoms with van der Waals surface area (Å²) >= 11 is 1.90. The molecule has 5 rings (SSSR count). The van der Waals surface area contributed by atoms with Gasteiger partial charge in [0.05, 0.1) is 11.7 Å². The number of pyridine rings is 1. The number of nitrogens with zero attached hydrogens (tertiary/aromatic N) is 4. The first-order valence-electron chi connectivity index (χ1n) is 10.8. The summed E-state index contributed by atoms with van der Waals surface area (Å²) in [7, 11) is 0. The summed E-state index contributed by atoms with van der Waals surface area (Å²) in [6, 6.07) is 20.1. The van der Waals surface area contributed by atoms with Gasteiger partial charge in [0.1, 0.15) is 6.04 Å². The molecule has 1 aromatic carbocycles. The summed E-state index contributed by atoms with van der Waals surface area (Å²) in [5.41, 5.74) is 6.43. The van der Waals surface area contributed by atoms with E-state index in [0.717, 1.165) is 24.4 Å². The monoisotopic (exact) mass is 416 g/mol. The van der Waals surface area contributed by atoms with Crippen molar-refractivity contribution in [1.82, 2.24) is 14.5 Å². The quantitative estimate of drug-likeness (QED) is 0.548. The molecule has 5 heteroatoms. The average Bonchev–Trinajstić information content (AvgIpc) is 3.43. The minimum Gasteiger partial charge on any atom is -0.344 e. The van der Waals surface area contributed by atoms with Crippen LogP contribution in [-0.4, -0.2) is 31.4 Å². The third kappa shape index (κ3) is 3.25. The summed E-state index contributed by atoms with van der Waals surface area (Å²) < 4.78 is 2.45. The van der Waals surface area contributed by atoms with Gasteiger partial charge in [0.2, 0.25) is 0 Å². The smallest absolute Gasteiger partial charge is 0.160 e. The van der Waals surface area contributed by atoms with Gasteiger partial charge in [-0.2, -0.15) is 0 Å². The molecule has 0 radical (unpaired) electrons. The molecule has 0 amide bonds. The molecule has 1 fully saturated rings. The minimum absolute atomic E-state index is 0.0497. The number of amidine groups is 1. The van der Waals surface area contributed by atoms with E-state index in [-0.39, 0.29) is 12.1 Å². The van der Waals surface area contributed by atoms with Crippen molar-refractivity contribution < 1.29 is 0 Å². The summed E-state index contributed by atoms with van der Waals surface area (Å²) in [6.45, 7) is 7.68. The third-order valence-electron chi connectivity index (χ3n) is 6.44. The van der Waals surface area contributed by atoms with Crippen molar-refractivity contribution in [2.45, 2.75) is 51.9 Å². The molecule has 0 spiro atoms. The van der Waals surface area contributed by atoms with Gasteiger partial charge in [-0.15, -0.1) is 0 Å². The second-order valence-corrected chi connectivity index (χ2v) is 9.22. The first-order valence-corrected chi connectivity index (χ1v) is 11.8. The Morgan fingerprint density at radius 2 is 1.87 bits per heavy atom. The summed E-state index contributed by atoms with van der Waals surface area (Å²) in [5, 5.41) is 1.19. The van der Waals surface area contributed by atoms with E-state index in [1.807, 2.05) is 24.0 Å². The zero-order chi connectivity index (χ0) is 20.7. The molecule has 0 saturated carbocycles. The Bertz CT molecular complexity index is 1060. The van der Waals surface area contributed by atoms with Crippen LogP contribution in [0.4, 0.5) is 0 Å². The van der Waals surface area contributed by atoms with Crippen molar-refractivity contribution >= 4 is 16.9 Å². The predicted octanol–water partition coefficient (Wildman–Crippen LogP) is 5.53. The van der Waals surface area contributed by atoms with Gasteiger partial charge < -0.3 is 9.47 Å². The average molecular weight is 417 g/mol. The first kappa shape index (κ1) is 19.4. The van der Waals surface area contributed by atoms with E-state index in [2.05, 4.69) is 78.8 Å². The molecule has 2 aromatic heterocycles. The van der Waals surface area contributed by atoms with Crippen molar-refractivity contribution in [2.24, 2.45) is 4.99 Å². The van der Waals surface area contributed by atoms with Crippen LogP contribution in [0.5, 0.6) is 0 Å². The van der Waals surface area contributed by atoms with Gasteiger partial charge in [0.25, 0.3) is 0 Å². The topological polar surface area (TPSA) is 33.4 Å². The lowest BCUT2D eigenvalue weighted by Crippen LogP contribution is -2.35. The zero-order valence-electron chi connectivity index (χ0n) is 17.8. The molecular formula is C25H28N4S. The van der Waals surface area contributed by atoms with Crippen LogP contribution in [0.1, 0.15) is 53.6 Å². The fraction of sp³-hybridized carbons (Fsp3) is 0.360. The Morgan fingerprint density at radius 1 is 1.07 bits per heavy atom. The highest BCUT2D eigenvalue weighted by molar-refractivity contribution is 8.14. The number of fused-ring (bicyclic) bond motifs is 1. The fourth-order valence-corrected chi connectivity index (χ4v) is 6.16. The highest BCUT2D eigenvalue weighted by atomic mass is 32.2. The molecule has 0 bridgehead atoms. The lowest BCUT2D eigenvalue weighted by molar-refractivity contribution is 0.254. The molecule has 4 nitrogen and oxygen atoms in total. The van der Waals surface area contributed by atoms with E-state index in [0.29, 0.717) is 6.04 Å². The largest absolute Gasteiger partial charge is 0.344 e. The van der Waals surface area contributed by atoms with Crippen molar-refractivity contribution in [2.75, 3.05) is 5.75 Å². The molecular weight excluding hydrogens is 388 g/mol. The van der Waals surface area contributed by atoms with Crippen LogP contribution in [0.3, 0.4) is 0 Å². The minimum atomic E-state index is 0.0497. The molecule has 3 aromatic rings. The second-order valence-electron chi connectivity index (χ2n) is 8.23. The van der Waals surface area contributed by atoms with Crippen LogP contribution in [0, 0.1) is 13.8 Å². The Balaban J connectivity index is 1.57. The number of rotatable bonds is 5. The predicted molar refractivity (Wildman–Crippen MR) is 125 cm³/mol. The lowest BCUT2D eigenvalue weighted by atomic mass is 9.95. The summed E-state index contributed by atoms with van der Waals surface area (Å²) in [6.07, 6.45) is 3.03. The van der Waals surface area contributed by atoms with Crippen LogP contribution >= 0.6 is 11.8 Å². The standard InChI is InChI=1S/C25H28N4S/c1-4-20-16-30-25-27-23(22-12-8-9-13-26-22)24(29(20)25)21-14-17(2)28(18(21)3)15-19-10-6-5-7-11-19/h5-14,20,23-24H,4,15-16H2,1-3H3/t20-,23+,24+/m1/s1. The highest BCUT2D eigenvalue weighted by Crippen LogP contribution is 2.49. The van der Waals surface area contributed by atoms with E-state index in [4.69, 9.17) is 9.98 Å². The molecule has 0 N–H and O–H groups in total. The number of aromatic nitrogens is 2. The fourth-order valence-electron chi connectivity index (χ4n) is 4.82. The van der Waals surface area contributed by atoms with Crippen LogP contribution in [-0.2, 0) is 6.54 Å². The van der Waals surface area contributed by atoms with Crippen LogP contribution in [0.15, 0.2) is 65.8 Å². The zero-order valence-corrected chi connectivity index (χ0v) is 18.6. The highest BCUT2D eigenvalue weighted by Gasteiger charge is 2.46. The van der Waals surface area contributed by atoms with Gasteiger partial charge in [-0.1, -0.05) is 55.1 Å². The van der Waals surface area contributed by atoms with Crippen LogP contribution in [0.25, 0.3) is 0 Å². The van der Waals surface area contributed by atoms with Gasteiger partial charge in [-0.05, 0) is 49.6 Å². The van der Waals surface area contributed by atoms with E-state index < -0.39 is 0 Å². The van der Waals surface area contributed by atoms with E-state index >= 15 is 0 Å². The van der Waals surface area contributed by atoms with Crippen molar-refractivity contribution in [1.29, 1.82) is 0 Å². The van der Waals surface area contributed by atoms with Gasteiger partial charge in [0, 0.05) is 35.9 Å². The van der Waals surface area contributed by atoms with E-state index in [9.17, 15) is 0 Å². The molecule has 30 heavy (non-hydrogen) atoms. The van der Waals surface area contributed by atoms with Gasteiger partial charge >= 0.3 is 0 Å². The maximum absolute atomic E-state index is 5.17. The number of aliphatic imine (C=N–C) groups is 1. The van der Waals surface area contributed by atoms with Crippen LogP contribution in [0.2, 0.25) is 0 Å². The maximum atomic E-state index is 5.17. The normalized spacial score (nSPS) is 23.0. The van der Waals surface area contributed by atoms with Crippen molar-refractivity contribution in [3.05, 3.63) is 89.0 Å². The Morgan fingerprint density at radius 3 is 2.60 bits per heavy atom. The maximum Gasteiger partial charge on any atom is 0.160 e. The molecule has 154 valence electrons. The van der Waals surface area contributed by atoms with Crippen LogP contribution < -0.4 is 0 Å². The second kappa shape index (κ2) is 7.95. The number of aryl methyl sites for hydroxylation is 1. The Labute approximate surface area is 183 Å². The number of hydrogen-bond donors (Lipinski definition) is 0. The van der Waals surface area contributed by atoms with Crippen molar-refractivity contribution in [3.63, 3.8) is 0 Å². The molecule has 0 aliphatic carbocycles. The lowest BCUT2D eigenvalue weighted by Gasteiger charge is -2.32. The summed E-state index contributed by atoms with van der Waals surface area (Å²) in [4.78, 5) is 12.4. The van der Waals surface area contributed by atoms with Crippen molar-refractivity contribution in [3.8, 4) is 0 Å². The Hall–Kier alpha value is -2.53.